The maximum absolute atomic E-state index is 11.8. The summed E-state index contributed by atoms with van der Waals surface area (Å²) in [5, 5.41) is 17.7. The van der Waals surface area contributed by atoms with Gasteiger partial charge < -0.3 is 5.32 Å². The fraction of sp³-hybridized carbons (Fsp3) is 0.0833. The number of amides is 1. The number of nitrogens with one attached hydrogen (secondary N) is 2. The number of benzene rings is 1. The Morgan fingerprint density at radius 1 is 1.44 bits per heavy atom. The van der Waals surface area contributed by atoms with Crippen LogP contribution in [0.15, 0.2) is 34.9 Å². The van der Waals surface area contributed by atoms with Crippen molar-refractivity contribution in [3.63, 3.8) is 0 Å². The predicted octanol–water partition coefficient (Wildman–Crippen LogP) is 2.23. The summed E-state index contributed by atoms with van der Waals surface area (Å²) in [5.74, 6) is 0.137. The molecule has 0 aliphatic carbocycles. The van der Waals surface area contributed by atoms with Gasteiger partial charge in [0.25, 0.3) is 0 Å². The summed E-state index contributed by atoms with van der Waals surface area (Å²) in [6.45, 7) is 0. The van der Waals surface area contributed by atoms with E-state index in [0.29, 0.717) is 11.4 Å². The number of hydrogen-bond donors (Lipinski definition) is 2. The smallest absolute Gasteiger partial charge is 0.229 e. The molecule has 90 valence electrons. The van der Waals surface area contributed by atoms with E-state index in [9.17, 15) is 4.79 Å². The van der Waals surface area contributed by atoms with Crippen molar-refractivity contribution in [2.45, 2.75) is 6.42 Å². The lowest BCUT2D eigenvalue weighted by Gasteiger charge is -2.03. The molecule has 0 saturated carbocycles. The van der Waals surface area contributed by atoms with Crippen LogP contribution in [0.1, 0.15) is 11.1 Å². The van der Waals surface area contributed by atoms with Gasteiger partial charge in [-0.15, -0.1) is 0 Å². The molecule has 0 saturated heterocycles. The van der Waals surface area contributed by atoms with Crippen LogP contribution in [0.2, 0.25) is 0 Å². The number of nitrogens with zero attached hydrogens (tertiary/aromatic N) is 2. The van der Waals surface area contributed by atoms with Gasteiger partial charge in [-0.05, 0) is 17.7 Å². The zero-order chi connectivity index (χ0) is 13.0. The standard InChI is InChI=1S/C12H9BrN4O/c13-10-3-1-8(2-4-10)5-11(18)16-12-9(6-14)7-15-17-12/h1-4,7H,5H2,(H2,15,16,17,18). The second kappa shape index (κ2) is 5.47. The minimum atomic E-state index is -0.196. The summed E-state index contributed by atoms with van der Waals surface area (Å²) >= 11 is 3.33. The first kappa shape index (κ1) is 12.3. The second-order valence-electron chi connectivity index (χ2n) is 3.62. The molecule has 2 rings (SSSR count). The molecule has 0 spiro atoms. The topological polar surface area (TPSA) is 81.6 Å². The number of rotatable bonds is 3. The largest absolute Gasteiger partial charge is 0.310 e. The van der Waals surface area contributed by atoms with Crippen molar-refractivity contribution in [1.82, 2.24) is 10.2 Å². The Bertz CT molecular complexity index is 597. The zero-order valence-electron chi connectivity index (χ0n) is 9.27. The molecule has 0 unspecified atom stereocenters. The zero-order valence-corrected chi connectivity index (χ0v) is 10.9. The minimum absolute atomic E-state index is 0.196. The maximum atomic E-state index is 11.8. The number of anilines is 1. The molecule has 1 aromatic carbocycles. The van der Waals surface area contributed by atoms with Crippen molar-refractivity contribution in [3.8, 4) is 6.07 Å². The van der Waals surface area contributed by atoms with Gasteiger partial charge in [0.05, 0.1) is 12.6 Å². The van der Waals surface area contributed by atoms with E-state index in [2.05, 4.69) is 31.4 Å². The van der Waals surface area contributed by atoms with Gasteiger partial charge in [0.2, 0.25) is 5.91 Å². The Hall–Kier alpha value is -2.13. The maximum Gasteiger partial charge on any atom is 0.229 e. The number of aromatic amines is 1. The third-order valence-electron chi connectivity index (χ3n) is 2.30. The molecule has 0 fully saturated rings. The van der Waals surface area contributed by atoms with Gasteiger partial charge in [0.1, 0.15) is 17.5 Å². The second-order valence-corrected chi connectivity index (χ2v) is 4.54. The molecular formula is C12H9BrN4O. The normalized spacial score (nSPS) is 9.78. The molecule has 6 heteroatoms. The van der Waals surface area contributed by atoms with Gasteiger partial charge >= 0.3 is 0 Å². The Kier molecular flexibility index (Phi) is 3.75. The molecule has 1 aromatic heterocycles. The van der Waals surface area contributed by atoms with Crippen LogP contribution in [0.5, 0.6) is 0 Å². The van der Waals surface area contributed by atoms with E-state index in [1.807, 2.05) is 30.3 Å². The van der Waals surface area contributed by atoms with Crippen molar-refractivity contribution >= 4 is 27.7 Å². The highest BCUT2D eigenvalue weighted by atomic mass is 79.9. The monoisotopic (exact) mass is 304 g/mol. The molecule has 5 nitrogen and oxygen atoms in total. The van der Waals surface area contributed by atoms with E-state index in [1.165, 1.54) is 6.20 Å². The fourth-order valence-electron chi connectivity index (χ4n) is 1.44. The molecule has 0 aliphatic heterocycles. The van der Waals surface area contributed by atoms with Crippen LogP contribution in [0.4, 0.5) is 5.82 Å². The first-order valence-corrected chi connectivity index (χ1v) is 5.96. The van der Waals surface area contributed by atoms with Crippen LogP contribution in [0.3, 0.4) is 0 Å². The molecule has 2 aromatic rings. The molecule has 2 N–H and O–H groups in total. The average Bonchev–Trinajstić information content (AvgIpc) is 2.79. The van der Waals surface area contributed by atoms with Gasteiger partial charge in [-0.1, -0.05) is 28.1 Å². The first-order valence-electron chi connectivity index (χ1n) is 5.17. The molecule has 18 heavy (non-hydrogen) atoms. The summed E-state index contributed by atoms with van der Waals surface area (Å²) in [4.78, 5) is 11.8. The Labute approximate surface area is 112 Å². The summed E-state index contributed by atoms with van der Waals surface area (Å²) < 4.78 is 0.965. The number of carbonyl (C=O) groups is 1. The predicted molar refractivity (Wildman–Crippen MR) is 69.8 cm³/mol. The summed E-state index contributed by atoms with van der Waals surface area (Å²) in [6, 6.07) is 9.41. The van der Waals surface area contributed by atoms with Crippen LogP contribution in [0.25, 0.3) is 0 Å². The number of aromatic nitrogens is 2. The number of halogens is 1. The lowest BCUT2D eigenvalue weighted by Crippen LogP contribution is -2.15. The number of nitriles is 1. The van der Waals surface area contributed by atoms with Crippen molar-refractivity contribution < 1.29 is 4.79 Å². The van der Waals surface area contributed by atoms with E-state index < -0.39 is 0 Å². The van der Waals surface area contributed by atoms with Crippen LogP contribution in [-0.4, -0.2) is 16.1 Å². The minimum Gasteiger partial charge on any atom is -0.310 e. The molecule has 0 bridgehead atoms. The van der Waals surface area contributed by atoms with Gasteiger partial charge in [-0.25, -0.2) is 0 Å². The van der Waals surface area contributed by atoms with Crippen LogP contribution in [-0.2, 0) is 11.2 Å². The van der Waals surface area contributed by atoms with E-state index in [0.717, 1.165) is 10.0 Å². The van der Waals surface area contributed by atoms with E-state index in [1.54, 1.807) is 0 Å². The third kappa shape index (κ3) is 2.96. The van der Waals surface area contributed by atoms with Gasteiger partial charge in [-0.2, -0.15) is 10.4 Å². The van der Waals surface area contributed by atoms with Gasteiger partial charge in [0, 0.05) is 4.47 Å². The number of hydrogen-bond acceptors (Lipinski definition) is 3. The Morgan fingerprint density at radius 2 is 2.17 bits per heavy atom. The van der Waals surface area contributed by atoms with Crippen LogP contribution in [0, 0.1) is 11.3 Å². The quantitative estimate of drug-likeness (QED) is 0.912. The van der Waals surface area contributed by atoms with E-state index >= 15 is 0 Å². The summed E-state index contributed by atoms with van der Waals surface area (Å²) in [5.41, 5.74) is 1.22. The average molecular weight is 305 g/mol. The Balaban J connectivity index is 2.01. The molecule has 1 heterocycles. The lowest BCUT2D eigenvalue weighted by atomic mass is 10.1. The van der Waals surface area contributed by atoms with Crippen LogP contribution < -0.4 is 5.32 Å². The van der Waals surface area contributed by atoms with E-state index in [4.69, 9.17) is 5.26 Å². The van der Waals surface area contributed by atoms with Crippen molar-refractivity contribution in [3.05, 3.63) is 46.1 Å². The Morgan fingerprint density at radius 3 is 2.83 bits per heavy atom. The molecule has 1 amide bonds. The molecule has 0 atom stereocenters. The number of carbonyl (C=O) groups excluding carboxylic acids is 1. The summed E-state index contributed by atoms with van der Waals surface area (Å²) in [6.07, 6.45) is 1.62. The summed E-state index contributed by atoms with van der Waals surface area (Å²) in [7, 11) is 0. The lowest BCUT2D eigenvalue weighted by molar-refractivity contribution is -0.115. The molecule has 0 aliphatic rings. The highest BCUT2D eigenvalue weighted by Gasteiger charge is 2.09. The molecular weight excluding hydrogens is 296 g/mol. The first-order chi connectivity index (χ1) is 8.69. The third-order valence-corrected chi connectivity index (χ3v) is 2.83. The molecule has 0 radical (unpaired) electrons. The fourth-order valence-corrected chi connectivity index (χ4v) is 1.70. The van der Waals surface area contributed by atoms with Crippen molar-refractivity contribution in [1.29, 1.82) is 5.26 Å². The van der Waals surface area contributed by atoms with Crippen molar-refractivity contribution in [2.24, 2.45) is 0 Å². The van der Waals surface area contributed by atoms with Crippen molar-refractivity contribution in [2.75, 3.05) is 5.32 Å². The SMILES string of the molecule is N#Cc1cn[nH]c1NC(=O)Cc1ccc(Br)cc1. The highest BCUT2D eigenvalue weighted by Crippen LogP contribution is 2.12. The van der Waals surface area contributed by atoms with Gasteiger partial charge in [0.15, 0.2) is 0 Å². The van der Waals surface area contributed by atoms with Crippen LogP contribution >= 0.6 is 15.9 Å². The van der Waals surface area contributed by atoms with Gasteiger partial charge in [-0.3, -0.25) is 9.89 Å². The highest BCUT2D eigenvalue weighted by molar-refractivity contribution is 9.10. The number of H-pyrrole nitrogens is 1. The van der Waals surface area contributed by atoms with E-state index in [-0.39, 0.29) is 12.3 Å².